The second kappa shape index (κ2) is 4.09. The molecule has 56 valence electrons. The van der Waals surface area contributed by atoms with Crippen LogP contribution in [-0.2, 0) is 0 Å². The minimum Gasteiger partial charge on any atom is -0.396 e. The first-order valence-electron chi connectivity index (χ1n) is 3.16. The minimum absolute atomic E-state index is 0. The fraction of sp³-hybridized carbons (Fsp3) is 1.00. The molecule has 9 heavy (non-hydrogen) atoms. The average molecular weight is 152 g/mol. The number of hydrogen-bond acceptors (Lipinski definition) is 2. The van der Waals surface area contributed by atoms with Gasteiger partial charge in [-0.2, -0.15) is 0 Å². The second-order valence-corrected chi connectivity index (χ2v) is 2.58. The first kappa shape index (κ1) is 9.21. The predicted molar refractivity (Wildman–Crippen MR) is 39.9 cm³/mol. The van der Waals surface area contributed by atoms with Crippen molar-refractivity contribution in [1.82, 2.24) is 5.32 Å². The lowest BCUT2D eigenvalue weighted by molar-refractivity contribution is 0.212. The molecule has 1 rings (SSSR count). The Morgan fingerprint density at radius 2 is 2.22 bits per heavy atom. The van der Waals surface area contributed by atoms with Gasteiger partial charge in [0.15, 0.2) is 0 Å². The summed E-state index contributed by atoms with van der Waals surface area (Å²) in [6.45, 7) is 4.58. The van der Waals surface area contributed by atoms with Crippen molar-refractivity contribution in [3.8, 4) is 0 Å². The van der Waals surface area contributed by atoms with Crippen LogP contribution in [0.5, 0.6) is 0 Å². The summed E-state index contributed by atoms with van der Waals surface area (Å²) in [5, 5.41) is 11.9. The van der Waals surface area contributed by atoms with Gasteiger partial charge in [0.05, 0.1) is 0 Å². The summed E-state index contributed by atoms with van der Waals surface area (Å²) < 4.78 is 0. The van der Waals surface area contributed by atoms with Crippen molar-refractivity contribution in [2.75, 3.05) is 19.7 Å². The first-order valence-corrected chi connectivity index (χ1v) is 3.16. The maximum absolute atomic E-state index is 8.70. The van der Waals surface area contributed by atoms with Gasteiger partial charge in [0, 0.05) is 13.2 Å². The van der Waals surface area contributed by atoms with Gasteiger partial charge in [-0.05, 0) is 18.4 Å². The molecule has 0 aromatic heterocycles. The Morgan fingerprint density at radius 3 is 2.44 bits per heavy atom. The van der Waals surface area contributed by atoms with E-state index in [1.54, 1.807) is 0 Å². The zero-order chi connectivity index (χ0) is 5.98. The lowest BCUT2D eigenvalue weighted by atomic mass is 10.00. The molecule has 1 heterocycles. The van der Waals surface area contributed by atoms with Gasteiger partial charge in [-0.1, -0.05) is 6.92 Å². The summed E-state index contributed by atoms with van der Waals surface area (Å²) in [4.78, 5) is 0. The third kappa shape index (κ3) is 2.12. The molecule has 2 nitrogen and oxygen atoms in total. The van der Waals surface area contributed by atoms with Crippen LogP contribution in [0.1, 0.15) is 6.92 Å². The maximum Gasteiger partial charge on any atom is 0.0474 e. The standard InChI is InChI=1S/C6H13NO.ClH/c1-5-2-7-3-6(5)4-8;/h5-8H,2-4H2,1H3;1H/t5-,6+;/m0./s1. The molecule has 0 saturated carbocycles. The van der Waals surface area contributed by atoms with Crippen LogP contribution in [0.3, 0.4) is 0 Å². The molecule has 3 heteroatoms. The highest BCUT2D eigenvalue weighted by molar-refractivity contribution is 5.85. The van der Waals surface area contributed by atoms with Crippen LogP contribution in [0.4, 0.5) is 0 Å². The minimum atomic E-state index is 0. The van der Waals surface area contributed by atoms with Crippen LogP contribution in [-0.4, -0.2) is 24.8 Å². The summed E-state index contributed by atoms with van der Waals surface area (Å²) >= 11 is 0. The number of rotatable bonds is 1. The fourth-order valence-corrected chi connectivity index (χ4v) is 1.11. The molecule has 0 aromatic rings. The second-order valence-electron chi connectivity index (χ2n) is 2.58. The van der Waals surface area contributed by atoms with Crippen molar-refractivity contribution >= 4 is 12.4 Å². The van der Waals surface area contributed by atoms with Gasteiger partial charge in [0.25, 0.3) is 0 Å². The third-order valence-corrected chi connectivity index (χ3v) is 1.91. The largest absolute Gasteiger partial charge is 0.396 e. The summed E-state index contributed by atoms with van der Waals surface area (Å²) in [6, 6.07) is 0. The van der Waals surface area contributed by atoms with E-state index in [-0.39, 0.29) is 12.4 Å². The topological polar surface area (TPSA) is 32.3 Å². The number of hydrogen-bond donors (Lipinski definition) is 2. The maximum atomic E-state index is 8.70. The lowest BCUT2D eigenvalue weighted by Crippen LogP contribution is -2.13. The van der Waals surface area contributed by atoms with E-state index in [2.05, 4.69) is 12.2 Å². The van der Waals surface area contributed by atoms with E-state index >= 15 is 0 Å². The number of aliphatic hydroxyl groups excluding tert-OH is 1. The molecule has 2 atom stereocenters. The number of halogens is 1. The van der Waals surface area contributed by atoms with Crippen LogP contribution < -0.4 is 5.32 Å². The Hall–Kier alpha value is 0.210. The van der Waals surface area contributed by atoms with Crippen molar-refractivity contribution in [2.24, 2.45) is 11.8 Å². The lowest BCUT2D eigenvalue weighted by Gasteiger charge is -2.07. The van der Waals surface area contributed by atoms with Crippen molar-refractivity contribution in [3.05, 3.63) is 0 Å². The average Bonchev–Trinajstić information content (AvgIpc) is 2.14. The Labute approximate surface area is 62.1 Å². The predicted octanol–water partition coefficient (Wildman–Crippen LogP) is 0.256. The van der Waals surface area contributed by atoms with Crippen molar-refractivity contribution in [1.29, 1.82) is 0 Å². The fourth-order valence-electron chi connectivity index (χ4n) is 1.11. The zero-order valence-electron chi connectivity index (χ0n) is 5.63. The quantitative estimate of drug-likeness (QED) is 0.564. The molecule has 1 aliphatic rings. The van der Waals surface area contributed by atoms with E-state index in [4.69, 9.17) is 5.11 Å². The molecule has 1 aliphatic heterocycles. The zero-order valence-corrected chi connectivity index (χ0v) is 6.45. The van der Waals surface area contributed by atoms with Crippen LogP contribution in [0.25, 0.3) is 0 Å². The number of nitrogens with one attached hydrogen (secondary N) is 1. The summed E-state index contributed by atoms with van der Waals surface area (Å²) in [7, 11) is 0. The Bertz CT molecular complexity index is 79.5. The normalized spacial score (nSPS) is 34.0. The Morgan fingerprint density at radius 1 is 1.56 bits per heavy atom. The molecule has 0 aromatic carbocycles. The molecule has 1 saturated heterocycles. The molecule has 0 unspecified atom stereocenters. The molecule has 1 fully saturated rings. The van der Waals surface area contributed by atoms with Gasteiger partial charge in [-0.15, -0.1) is 12.4 Å². The summed E-state index contributed by atoms with van der Waals surface area (Å²) in [6.07, 6.45) is 0. The molecule has 2 N–H and O–H groups in total. The molecular weight excluding hydrogens is 138 g/mol. The Kier molecular flexibility index (Phi) is 4.19. The third-order valence-electron chi connectivity index (χ3n) is 1.91. The summed E-state index contributed by atoms with van der Waals surface area (Å²) in [5.74, 6) is 1.18. The van der Waals surface area contributed by atoms with Crippen molar-refractivity contribution in [2.45, 2.75) is 6.92 Å². The van der Waals surface area contributed by atoms with Gasteiger partial charge in [0.2, 0.25) is 0 Å². The van der Waals surface area contributed by atoms with E-state index < -0.39 is 0 Å². The van der Waals surface area contributed by atoms with Crippen molar-refractivity contribution in [3.63, 3.8) is 0 Å². The number of aliphatic hydroxyl groups is 1. The van der Waals surface area contributed by atoms with Crippen LogP contribution in [0.2, 0.25) is 0 Å². The molecule has 0 amide bonds. The van der Waals surface area contributed by atoms with E-state index in [9.17, 15) is 0 Å². The molecule has 0 radical (unpaired) electrons. The SMILES string of the molecule is C[C@H]1CNC[C@@H]1CO.Cl. The van der Waals surface area contributed by atoms with Gasteiger partial charge >= 0.3 is 0 Å². The van der Waals surface area contributed by atoms with E-state index in [1.807, 2.05) is 0 Å². The van der Waals surface area contributed by atoms with Gasteiger partial charge in [-0.25, -0.2) is 0 Å². The molecule has 0 spiro atoms. The van der Waals surface area contributed by atoms with Gasteiger partial charge in [-0.3, -0.25) is 0 Å². The van der Waals surface area contributed by atoms with Gasteiger partial charge < -0.3 is 10.4 Å². The Balaban J connectivity index is 0.000000640. The highest BCUT2D eigenvalue weighted by Crippen LogP contribution is 2.13. The first-order chi connectivity index (χ1) is 3.84. The van der Waals surface area contributed by atoms with E-state index in [1.165, 1.54) is 0 Å². The van der Waals surface area contributed by atoms with Crippen LogP contribution in [0, 0.1) is 11.8 Å². The molecule has 0 bridgehead atoms. The molecule has 0 aliphatic carbocycles. The highest BCUT2D eigenvalue weighted by atomic mass is 35.5. The van der Waals surface area contributed by atoms with E-state index in [0.29, 0.717) is 18.4 Å². The van der Waals surface area contributed by atoms with Crippen molar-refractivity contribution < 1.29 is 5.11 Å². The highest BCUT2D eigenvalue weighted by Gasteiger charge is 2.21. The monoisotopic (exact) mass is 151 g/mol. The van der Waals surface area contributed by atoms with Crippen LogP contribution in [0.15, 0.2) is 0 Å². The molecular formula is C6H14ClNO. The summed E-state index contributed by atoms with van der Waals surface area (Å²) in [5.41, 5.74) is 0. The van der Waals surface area contributed by atoms with Gasteiger partial charge in [0.1, 0.15) is 0 Å². The van der Waals surface area contributed by atoms with Crippen LogP contribution >= 0.6 is 12.4 Å². The van der Waals surface area contributed by atoms with E-state index in [0.717, 1.165) is 13.1 Å². The smallest absolute Gasteiger partial charge is 0.0474 e.